The van der Waals surface area contributed by atoms with Gasteiger partial charge in [0.25, 0.3) is 0 Å². The van der Waals surface area contributed by atoms with Crippen molar-refractivity contribution in [3.63, 3.8) is 0 Å². The van der Waals surface area contributed by atoms with E-state index in [0.29, 0.717) is 5.82 Å². The van der Waals surface area contributed by atoms with E-state index in [1.807, 2.05) is 33.8 Å². The molecule has 0 bridgehead atoms. The fourth-order valence-corrected chi connectivity index (χ4v) is 1.55. The van der Waals surface area contributed by atoms with Gasteiger partial charge in [0.2, 0.25) is 0 Å². The van der Waals surface area contributed by atoms with Crippen molar-refractivity contribution in [3.8, 4) is 0 Å². The van der Waals surface area contributed by atoms with Crippen LogP contribution in [0.2, 0.25) is 0 Å². The van der Waals surface area contributed by atoms with Crippen LogP contribution < -0.4 is 0 Å². The zero-order valence-electron chi connectivity index (χ0n) is 10.1. The van der Waals surface area contributed by atoms with Gasteiger partial charge in [0, 0.05) is 11.9 Å². The molecule has 0 fully saturated rings. The molecule has 1 atom stereocenters. The zero-order valence-corrected chi connectivity index (χ0v) is 10.1. The number of rotatable bonds is 4. The molecule has 1 heterocycles. The smallest absolute Gasteiger partial charge is 0.314 e. The Kier molecular flexibility index (Phi) is 3.99. The molecule has 1 aromatic heterocycles. The summed E-state index contributed by atoms with van der Waals surface area (Å²) in [6.45, 7) is 7.78. The summed E-state index contributed by atoms with van der Waals surface area (Å²) in [5.41, 5.74) is 0.886. The normalized spacial score (nSPS) is 13.1. The molecule has 0 saturated carbocycles. The Labute approximate surface area is 95.7 Å². The molecule has 1 aromatic rings. The highest BCUT2D eigenvalue weighted by Crippen LogP contribution is 2.22. The van der Waals surface area contributed by atoms with E-state index in [1.165, 1.54) is 0 Å². The monoisotopic (exact) mass is 222 g/mol. The Morgan fingerprint density at radius 3 is 2.38 bits per heavy atom. The van der Waals surface area contributed by atoms with Crippen LogP contribution in [0, 0.1) is 5.92 Å². The van der Waals surface area contributed by atoms with Crippen LogP contribution in [-0.2, 0) is 4.79 Å². The first-order valence-corrected chi connectivity index (χ1v) is 5.49. The number of carbonyl (C=O) groups is 1. The van der Waals surface area contributed by atoms with E-state index in [0.717, 1.165) is 5.69 Å². The lowest BCUT2D eigenvalue weighted by Gasteiger charge is -2.15. The summed E-state index contributed by atoms with van der Waals surface area (Å²) in [5.74, 6) is -0.813. The number of hydrogen-bond donors (Lipinski definition) is 1. The Bertz CT molecular complexity index is 375. The van der Waals surface area contributed by atoms with Gasteiger partial charge >= 0.3 is 5.97 Å². The number of carboxylic acid groups (broad SMARTS) is 1. The van der Waals surface area contributed by atoms with E-state index in [-0.39, 0.29) is 11.8 Å². The van der Waals surface area contributed by atoms with E-state index >= 15 is 0 Å². The van der Waals surface area contributed by atoms with Gasteiger partial charge in [0.15, 0.2) is 0 Å². The highest BCUT2D eigenvalue weighted by molar-refractivity contribution is 5.75. The van der Waals surface area contributed by atoms with Gasteiger partial charge in [0.05, 0.1) is 0 Å². The van der Waals surface area contributed by atoms with Crippen molar-refractivity contribution < 1.29 is 9.90 Å². The third kappa shape index (κ3) is 2.78. The number of hydrogen-bond acceptors (Lipinski definition) is 3. The minimum absolute atomic E-state index is 0.0140. The molecule has 4 nitrogen and oxygen atoms in total. The SMILES string of the molecule is CC(C)c1ccnc(C(C(=O)O)C(C)C)n1. The van der Waals surface area contributed by atoms with Gasteiger partial charge in [-0.05, 0) is 17.9 Å². The van der Waals surface area contributed by atoms with Crippen molar-refractivity contribution in [3.05, 3.63) is 23.8 Å². The fraction of sp³-hybridized carbons (Fsp3) is 0.583. The standard InChI is InChI=1S/C12H18N2O2/c1-7(2)9-5-6-13-11(14-9)10(8(3)4)12(15)16/h5-8,10H,1-4H3,(H,15,16). The van der Waals surface area contributed by atoms with Crippen LogP contribution in [0.15, 0.2) is 12.3 Å². The molecule has 0 aliphatic heterocycles. The molecule has 0 saturated heterocycles. The average molecular weight is 222 g/mol. The molecule has 16 heavy (non-hydrogen) atoms. The first kappa shape index (κ1) is 12.6. The van der Waals surface area contributed by atoms with Crippen LogP contribution in [0.25, 0.3) is 0 Å². The van der Waals surface area contributed by atoms with Gasteiger partial charge in [-0.3, -0.25) is 4.79 Å². The van der Waals surface area contributed by atoms with Gasteiger partial charge in [-0.2, -0.15) is 0 Å². The number of aromatic nitrogens is 2. The summed E-state index contributed by atoms with van der Waals surface area (Å²) >= 11 is 0. The third-order valence-corrected chi connectivity index (χ3v) is 2.50. The largest absolute Gasteiger partial charge is 0.481 e. The summed E-state index contributed by atoms with van der Waals surface area (Å²) < 4.78 is 0. The molecule has 0 aromatic carbocycles. The Hall–Kier alpha value is -1.45. The van der Waals surface area contributed by atoms with Crippen LogP contribution in [0.3, 0.4) is 0 Å². The van der Waals surface area contributed by atoms with Crippen molar-refractivity contribution in [2.24, 2.45) is 5.92 Å². The summed E-state index contributed by atoms with van der Waals surface area (Å²) in [6, 6.07) is 1.83. The lowest BCUT2D eigenvalue weighted by molar-refractivity contribution is -0.140. The second-order valence-electron chi connectivity index (χ2n) is 4.55. The molecule has 0 aliphatic carbocycles. The minimum atomic E-state index is -0.865. The van der Waals surface area contributed by atoms with Crippen LogP contribution in [-0.4, -0.2) is 21.0 Å². The summed E-state index contributed by atoms with van der Waals surface area (Å²) in [5, 5.41) is 9.15. The van der Waals surface area contributed by atoms with E-state index in [2.05, 4.69) is 9.97 Å². The van der Waals surface area contributed by atoms with Crippen molar-refractivity contribution >= 4 is 5.97 Å². The first-order chi connectivity index (χ1) is 7.43. The quantitative estimate of drug-likeness (QED) is 0.849. The number of aliphatic carboxylic acids is 1. The van der Waals surface area contributed by atoms with Gasteiger partial charge in [-0.1, -0.05) is 27.7 Å². The van der Waals surface area contributed by atoms with Gasteiger partial charge in [-0.25, -0.2) is 9.97 Å². The molecule has 0 aliphatic rings. The van der Waals surface area contributed by atoms with Crippen LogP contribution in [0.5, 0.6) is 0 Å². The summed E-state index contributed by atoms with van der Waals surface area (Å²) in [6.07, 6.45) is 1.63. The minimum Gasteiger partial charge on any atom is -0.481 e. The van der Waals surface area contributed by atoms with Gasteiger partial charge < -0.3 is 5.11 Å². The maximum atomic E-state index is 11.1. The molecular weight excluding hydrogens is 204 g/mol. The molecular formula is C12H18N2O2. The molecule has 1 N–H and O–H groups in total. The van der Waals surface area contributed by atoms with Gasteiger partial charge in [0.1, 0.15) is 11.7 Å². The molecule has 0 amide bonds. The molecule has 0 radical (unpaired) electrons. The molecule has 1 unspecified atom stereocenters. The van der Waals surface area contributed by atoms with Crippen molar-refractivity contribution in [2.45, 2.75) is 39.5 Å². The zero-order chi connectivity index (χ0) is 12.3. The van der Waals surface area contributed by atoms with E-state index in [9.17, 15) is 4.79 Å². The second-order valence-corrected chi connectivity index (χ2v) is 4.55. The lowest BCUT2D eigenvalue weighted by atomic mass is 9.95. The topological polar surface area (TPSA) is 63.1 Å². The molecule has 0 spiro atoms. The highest BCUT2D eigenvalue weighted by Gasteiger charge is 2.26. The Morgan fingerprint density at radius 2 is 1.94 bits per heavy atom. The second kappa shape index (κ2) is 5.05. The van der Waals surface area contributed by atoms with Crippen LogP contribution >= 0.6 is 0 Å². The van der Waals surface area contributed by atoms with Gasteiger partial charge in [-0.15, -0.1) is 0 Å². The third-order valence-electron chi connectivity index (χ3n) is 2.50. The van der Waals surface area contributed by atoms with Crippen molar-refractivity contribution in [1.29, 1.82) is 0 Å². The molecule has 4 heteroatoms. The summed E-state index contributed by atoms with van der Waals surface area (Å²) in [7, 11) is 0. The predicted octanol–water partition coefficient (Wildman–Crippen LogP) is 2.42. The number of carboxylic acids is 1. The average Bonchev–Trinajstić information content (AvgIpc) is 2.16. The van der Waals surface area contributed by atoms with E-state index in [1.54, 1.807) is 6.20 Å². The maximum Gasteiger partial charge on any atom is 0.314 e. The molecule has 88 valence electrons. The molecule has 1 rings (SSSR count). The Morgan fingerprint density at radius 1 is 1.31 bits per heavy atom. The first-order valence-electron chi connectivity index (χ1n) is 5.49. The number of nitrogens with zero attached hydrogens (tertiary/aromatic N) is 2. The highest BCUT2D eigenvalue weighted by atomic mass is 16.4. The summed E-state index contributed by atoms with van der Waals surface area (Å²) in [4.78, 5) is 19.5. The predicted molar refractivity (Wildman–Crippen MR) is 61.3 cm³/mol. The fourth-order valence-electron chi connectivity index (χ4n) is 1.55. The van der Waals surface area contributed by atoms with Crippen molar-refractivity contribution in [1.82, 2.24) is 9.97 Å². The maximum absolute atomic E-state index is 11.1. The van der Waals surface area contributed by atoms with Crippen LogP contribution in [0.1, 0.15) is 51.0 Å². The Balaban J connectivity index is 3.10. The van der Waals surface area contributed by atoms with Crippen LogP contribution in [0.4, 0.5) is 0 Å². The van der Waals surface area contributed by atoms with Crippen molar-refractivity contribution in [2.75, 3.05) is 0 Å². The van der Waals surface area contributed by atoms with E-state index in [4.69, 9.17) is 5.11 Å². The van der Waals surface area contributed by atoms with E-state index < -0.39 is 11.9 Å². The lowest BCUT2D eigenvalue weighted by Crippen LogP contribution is -2.20.